The molecule has 0 aromatic carbocycles. The summed E-state index contributed by atoms with van der Waals surface area (Å²) in [4.78, 5) is -3.30. The van der Waals surface area contributed by atoms with Gasteiger partial charge in [0.15, 0.2) is 9.84 Å². The number of rotatable bonds is 6. The molecule has 0 radical (unpaired) electrons. The van der Waals surface area contributed by atoms with Gasteiger partial charge in [0, 0.05) is 0 Å². The molecular formula is C10H16Br2F4O2S. The van der Waals surface area contributed by atoms with Gasteiger partial charge in [-0.25, -0.2) is 26.0 Å². The van der Waals surface area contributed by atoms with Crippen LogP contribution in [-0.2, 0) is 9.84 Å². The van der Waals surface area contributed by atoms with Crippen LogP contribution in [0.4, 0.5) is 17.6 Å². The van der Waals surface area contributed by atoms with Crippen LogP contribution in [0.3, 0.4) is 0 Å². The van der Waals surface area contributed by atoms with E-state index in [0.717, 1.165) is 27.7 Å². The van der Waals surface area contributed by atoms with E-state index in [1.165, 1.54) is 0 Å². The summed E-state index contributed by atoms with van der Waals surface area (Å²) in [6.45, 7) is 4.39. The van der Waals surface area contributed by atoms with Crippen LogP contribution in [0.5, 0.6) is 0 Å². The Morgan fingerprint density at radius 3 is 1.16 bits per heavy atom. The van der Waals surface area contributed by atoms with Crippen molar-refractivity contribution < 1.29 is 26.0 Å². The maximum absolute atomic E-state index is 12.7. The summed E-state index contributed by atoms with van der Waals surface area (Å²) in [6.07, 6.45) is -5.86. The summed E-state index contributed by atoms with van der Waals surface area (Å²) in [5, 5.41) is 0. The van der Waals surface area contributed by atoms with E-state index in [1.54, 1.807) is 0 Å². The third-order valence-corrected chi connectivity index (χ3v) is 10.1. The first-order chi connectivity index (χ1) is 8.21. The molecule has 0 aliphatic heterocycles. The van der Waals surface area contributed by atoms with Gasteiger partial charge in [-0.05, 0) is 27.7 Å². The van der Waals surface area contributed by atoms with Crippen molar-refractivity contribution in [1.29, 1.82) is 0 Å². The summed E-state index contributed by atoms with van der Waals surface area (Å²) >= 11 is 5.29. The van der Waals surface area contributed by atoms with Gasteiger partial charge in [-0.15, -0.1) is 0 Å². The van der Waals surface area contributed by atoms with Crippen LogP contribution in [0.1, 0.15) is 27.7 Å². The maximum Gasteiger partial charge on any atom is 0.252 e. The monoisotopic (exact) mass is 434 g/mol. The Balaban J connectivity index is 5.74. The fourth-order valence-electron chi connectivity index (χ4n) is 1.58. The van der Waals surface area contributed by atoms with Gasteiger partial charge in [0.1, 0.15) is 0 Å². The number of alkyl halides is 6. The highest BCUT2D eigenvalue weighted by molar-refractivity contribution is 9.10. The lowest BCUT2D eigenvalue weighted by atomic mass is 10.1. The van der Waals surface area contributed by atoms with Gasteiger partial charge in [-0.2, -0.15) is 0 Å². The van der Waals surface area contributed by atoms with E-state index in [2.05, 4.69) is 31.9 Å². The first-order valence-electron chi connectivity index (χ1n) is 5.29. The van der Waals surface area contributed by atoms with Crippen LogP contribution < -0.4 is 0 Å². The van der Waals surface area contributed by atoms with Gasteiger partial charge in [0.2, 0.25) is 0 Å². The topological polar surface area (TPSA) is 34.1 Å². The maximum atomic E-state index is 12.7. The van der Waals surface area contributed by atoms with Gasteiger partial charge >= 0.3 is 0 Å². The molecule has 0 aromatic rings. The first-order valence-corrected chi connectivity index (χ1v) is 8.61. The molecule has 2 atom stereocenters. The first kappa shape index (κ1) is 19.6. The van der Waals surface area contributed by atoms with Crippen molar-refractivity contribution in [1.82, 2.24) is 0 Å². The molecule has 0 aromatic heterocycles. The molecule has 2 unspecified atom stereocenters. The third kappa shape index (κ3) is 3.45. The van der Waals surface area contributed by atoms with E-state index in [1.807, 2.05) is 0 Å². The molecule has 0 spiro atoms. The van der Waals surface area contributed by atoms with Gasteiger partial charge in [0.05, 0.1) is 19.1 Å². The smallest absolute Gasteiger partial charge is 0.228 e. The summed E-state index contributed by atoms with van der Waals surface area (Å²) in [6, 6.07) is 0. The summed E-state index contributed by atoms with van der Waals surface area (Å²) < 4.78 is 72.0. The molecule has 116 valence electrons. The molecule has 0 aliphatic rings. The van der Waals surface area contributed by atoms with E-state index in [0.29, 0.717) is 0 Å². The highest BCUT2D eigenvalue weighted by Crippen LogP contribution is 2.42. The quantitative estimate of drug-likeness (QED) is 0.466. The van der Waals surface area contributed by atoms with Crippen molar-refractivity contribution in [2.45, 2.75) is 59.7 Å². The van der Waals surface area contributed by atoms with Gasteiger partial charge in [-0.3, -0.25) is 0 Å². The predicted octanol–water partition coefficient (Wildman–Crippen LogP) is 4.02. The van der Waals surface area contributed by atoms with Crippen LogP contribution in [0.2, 0.25) is 0 Å². The SMILES string of the molecule is CC(C)(C(Br)C(F)F)S(=O)(=O)C(C)(C)C(Br)C(F)F. The lowest BCUT2D eigenvalue weighted by Gasteiger charge is -2.39. The predicted molar refractivity (Wildman–Crippen MR) is 74.5 cm³/mol. The average Bonchev–Trinajstić information content (AvgIpc) is 2.25. The van der Waals surface area contributed by atoms with Crippen LogP contribution >= 0.6 is 31.9 Å². The molecule has 0 aliphatic carbocycles. The summed E-state index contributed by atoms with van der Waals surface area (Å²) in [5.41, 5.74) is 0. The minimum absolute atomic E-state index is 1.10. The second kappa shape index (κ2) is 6.17. The van der Waals surface area contributed by atoms with E-state index in [4.69, 9.17) is 0 Å². The number of hydrogen-bond donors (Lipinski definition) is 0. The highest BCUT2D eigenvalue weighted by atomic mass is 79.9. The molecule has 0 rings (SSSR count). The number of sulfone groups is 1. The van der Waals surface area contributed by atoms with Gasteiger partial charge < -0.3 is 0 Å². The molecule has 0 bridgehead atoms. The zero-order valence-corrected chi connectivity index (χ0v) is 14.8. The molecule has 0 saturated carbocycles. The molecule has 19 heavy (non-hydrogen) atoms. The molecule has 0 heterocycles. The number of hydrogen-bond acceptors (Lipinski definition) is 2. The Morgan fingerprint density at radius 1 is 0.789 bits per heavy atom. The fraction of sp³-hybridized carbons (Fsp3) is 1.00. The molecule has 9 heteroatoms. The van der Waals surface area contributed by atoms with Crippen molar-refractivity contribution in [2.75, 3.05) is 0 Å². The lowest BCUT2D eigenvalue weighted by Crippen LogP contribution is -2.56. The zero-order chi connectivity index (χ0) is 15.8. The van der Waals surface area contributed by atoms with Crippen molar-refractivity contribution in [3.05, 3.63) is 0 Å². The van der Waals surface area contributed by atoms with Gasteiger partial charge in [0.25, 0.3) is 12.9 Å². The fourth-order valence-corrected chi connectivity index (χ4v) is 5.21. The average molecular weight is 436 g/mol. The van der Waals surface area contributed by atoms with Crippen molar-refractivity contribution in [2.24, 2.45) is 0 Å². The second-order valence-electron chi connectivity index (χ2n) is 5.18. The minimum atomic E-state index is -4.28. The summed E-state index contributed by atoms with van der Waals surface area (Å²) in [5.74, 6) is 0. The van der Waals surface area contributed by atoms with Crippen molar-refractivity contribution in [3.8, 4) is 0 Å². The lowest BCUT2D eigenvalue weighted by molar-refractivity contribution is 0.130. The minimum Gasteiger partial charge on any atom is -0.228 e. The highest BCUT2D eigenvalue weighted by Gasteiger charge is 2.56. The Morgan fingerprint density at radius 2 is 1.00 bits per heavy atom. The molecular weight excluding hydrogens is 420 g/mol. The van der Waals surface area contributed by atoms with Crippen LogP contribution in [0, 0.1) is 0 Å². The Labute approximate surface area is 127 Å². The normalized spacial score (nSPS) is 17.9. The Bertz CT molecular complexity index is 378. The van der Waals surface area contributed by atoms with E-state index >= 15 is 0 Å². The largest absolute Gasteiger partial charge is 0.252 e. The zero-order valence-electron chi connectivity index (χ0n) is 10.8. The second-order valence-corrected chi connectivity index (χ2v) is 10.3. The Kier molecular flexibility index (Phi) is 6.38. The van der Waals surface area contributed by atoms with E-state index in [9.17, 15) is 26.0 Å². The standard InChI is InChI=1S/C10H16Br2F4O2S/c1-9(2,5(11)7(13)14)19(17,18)10(3,4)6(12)8(15)16/h5-8H,1-4H3. The van der Waals surface area contributed by atoms with Crippen LogP contribution in [0.25, 0.3) is 0 Å². The van der Waals surface area contributed by atoms with Crippen LogP contribution in [0.15, 0.2) is 0 Å². The van der Waals surface area contributed by atoms with E-state index < -0.39 is 41.8 Å². The molecule has 0 saturated heterocycles. The Hall–Kier alpha value is 0.630. The third-order valence-electron chi connectivity index (χ3n) is 3.16. The van der Waals surface area contributed by atoms with Crippen molar-refractivity contribution >= 4 is 41.7 Å². The molecule has 2 nitrogen and oxygen atoms in total. The molecule has 0 N–H and O–H groups in total. The summed E-state index contributed by atoms with van der Waals surface area (Å²) in [7, 11) is -4.28. The molecule has 0 amide bonds. The molecule has 0 fully saturated rings. The van der Waals surface area contributed by atoms with Crippen LogP contribution in [-0.4, -0.2) is 40.4 Å². The number of halogens is 6. The van der Waals surface area contributed by atoms with Gasteiger partial charge in [-0.1, -0.05) is 31.9 Å². The van der Waals surface area contributed by atoms with E-state index in [-0.39, 0.29) is 0 Å². The van der Waals surface area contributed by atoms with Crippen molar-refractivity contribution in [3.63, 3.8) is 0 Å².